The molecule has 1 fully saturated rings. The first-order chi connectivity index (χ1) is 12.5. The van der Waals surface area contributed by atoms with Crippen LogP contribution in [0.3, 0.4) is 0 Å². The van der Waals surface area contributed by atoms with Gasteiger partial charge < -0.3 is 20.9 Å². The van der Waals surface area contributed by atoms with Gasteiger partial charge >= 0.3 is 0 Å². The predicted octanol–water partition coefficient (Wildman–Crippen LogP) is 1.69. The van der Waals surface area contributed by atoms with E-state index in [1.807, 2.05) is 0 Å². The SMILES string of the molecule is NC(=O)c1ccccc1NCC(=O)N1CCN(c2ccc(F)cc2)CC1. The minimum atomic E-state index is -0.534. The van der Waals surface area contributed by atoms with Crippen molar-refractivity contribution in [2.24, 2.45) is 5.73 Å². The molecular formula is C19H21FN4O2. The molecule has 0 unspecified atom stereocenters. The Balaban J connectivity index is 1.53. The molecule has 0 atom stereocenters. The summed E-state index contributed by atoms with van der Waals surface area (Å²) in [6.07, 6.45) is 0. The van der Waals surface area contributed by atoms with E-state index in [2.05, 4.69) is 10.2 Å². The summed E-state index contributed by atoms with van der Waals surface area (Å²) in [5.74, 6) is -0.832. The average molecular weight is 356 g/mol. The van der Waals surface area contributed by atoms with Crippen LogP contribution < -0.4 is 16.0 Å². The van der Waals surface area contributed by atoms with Gasteiger partial charge in [0, 0.05) is 37.6 Å². The Labute approximate surface area is 151 Å². The first-order valence-corrected chi connectivity index (χ1v) is 8.45. The summed E-state index contributed by atoms with van der Waals surface area (Å²) >= 11 is 0. The Morgan fingerprint density at radius 2 is 1.65 bits per heavy atom. The van der Waals surface area contributed by atoms with Crippen LogP contribution in [0.25, 0.3) is 0 Å². The van der Waals surface area contributed by atoms with E-state index in [9.17, 15) is 14.0 Å². The van der Waals surface area contributed by atoms with Crippen LogP contribution in [0, 0.1) is 5.82 Å². The van der Waals surface area contributed by atoms with Crippen molar-refractivity contribution in [3.8, 4) is 0 Å². The number of nitrogens with one attached hydrogen (secondary N) is 1. The normalized spacial score (nSPS) is 14.2. The van der Waals surface area contributed by atoms with Crippen LogP contribution in [0.2, 0.25) is 0 Å². The minimum Gasteiger partial charge on any atom is -0.376 e. The quantitative estimate of drug-likeness (QED) is 0.854. The predicted molar refractivity (Wildman–Crippen MR) is 98.6 cm³/mol. The van der Waals surface area contributed by atoms with Crippen molar-refractivity contribution in [1.29, 1.82) is 0 Å². The third kappa shape index (κ3) is 4.11. The van der Waals surface area contributed by atoms with Crippen LogP contribution in [0.1, 0.15) is 10.4 Å². The fourth-order valence-electron chi connectivity index (χ4n) is 3.00. The largest absolute Gasteiger partial charge is 0.376 e. The lowest BCUT2D eigenvalue weighted by Crippen LogP contribution is -2.50. The number of benzene rings is 2. The summed E-state index contributed by atoms with van der Waals surface area (Å²) in [5.41, 5.74) is 7.21. The lowest BCUT2D eigenvalue weighted by molar-refractivity contribution is -0.129. The van der Waals surface area contributed by atoms with E-state index in [0.29, 0.717) is 37.4 Å². The van der Waals surface area contributed by atoms with Crippen LogP contribution in [0.15, 0.2) is 48.5 Å². The average Bonchev–Trinajstić information content (AvgIpc) is 2.67. The molecule has 0 aliphatic carbocycles. The number of anilines is 2. The number of para-hydroxylation sites is 1. The number of halogens is 1. The molecule has 0 radical (unpaired) electrons. The molecule has 26 heavy (non-hydrogen) atoms. The van der Waals surface area contributed by atoms with Gasteiger partial charge in [0.25, 0.3) is 5.91 Å². The molecule has 1 aliphatic rings. The Kier molecular flexibility index (Phi) is 5.36. The maximum Gasteiger partial charge on any atom is 0.250 e. The van der Waals surface area contributed by atoms with Gasteiger partial charge in [-0.05, 0) is 36.4 Å². The van der Waals surface area contributed by atoms with E-state index in [0.717, 1.165) is 5.69 Å². The van der Waals surface area contributed by atoms with Crippen LogP contribution in [0.5, 0.6) is 0 Å². The summed E-state index contributed by atoms with van der Waals surface area (Å²) in [7, 11) is 0. The highest BCUT2D eigenvalue weighted by Gasteiger charge is 2.21. The molecular weight excluding hydrogens is 335 g/mol. The summed E-state index contributed by atoms with van der Waals surface area (Å²) < 4.78 is 13.0. The summed E-state index contributed by atoms with van der Waals surface area (Å²) in [6, 6.07) is 13.2. The third-order valence-corrected chi connectivity index (χ3v) is 4.45. The smallest absolute Gasteiger partial charge is 0.250 e. The topological polar surface area (TPSA) is 78.7 Å². The van der Waals surface area contributed by atoms with Crippen LogP contribution >= 0.6 is 0 Å². The van der Waals surface area contributed by atoms with Gasteiger partial charge in [-0.3, -0.25) is 9.59 Å². The second kappa shape index (κ2) is 7.86. The fraction of sp³-hybridized carbons (Fsp3) is 0.263. The van der Waals surface area contributed by atoms with Gasteiger partial charge in [-0.25, -0.2) is 4.39 Å². The molecule has 136 valence electrons. The van der Waals surface area contributed by atoms with Gasteiger partial charge in [0.15, 0.2) is 0 Å². The van der Waals surface area contributed by atoms with Crippen LogP contribution in [-0.4, -0.2) is 49.4 Å². The Morgan fingerprint density at radius 1 is 1.00 bits per heavy atom. The van der Waals surface area contributed by atoms with Crippen LogP contribution in [-0.2, 0) is 4.79 Å². The number of rotatable bonds is 5. The van der Waals surface area contributed by atoms with Crippen molar-refractivity contribution in [1.82, 2.24) is 4.90 Å². The monoisotopic (exact) mass is 356 g/mol. The van der Waals surface area contributed by atoms with Gasteiger partial charge in [0.05, 0.1) is 12.1 Å². The van der Waals surface area contributed by atoms with E-state index < -0.39 is 5.91 Å². The fourth-order valence-corrected chi connectivity index (χ4v) is 3.00. The lowest BCUT2D eigenvalue weighted by atomic mass is 10.1. The molecule has 0 aromatic heterocycles. The van der Waals surface area contributed by atoms with Crippen molar-refractivity contribution in [3.63, 3.8) is 0 Å². The maximum atomic E-state index is 13.0. The highest BCUT2D eigenvalue weighted by atomic mass is 19.1. The number of nitrogens with two attached hydrogens (primary N) is 1. The molecule has 7 heteroatoms. The lowest BCUT2D eigenvalue weighted by Gasteiger charge is -2.36. The number of piperazine rings is 1. The highest BCUT2D eigenvalue weighted by Crippen LogP contribution is 2.17. The summed E-state index contributed by atoms with van der Waals surface area (Å²) in [6.45, 7) is 2.66. The van der Waals surface area contributed by atoms with Gasteiger partial charge in [0.1, 0.15) is 5.82 Å². The van der Waals surface area contributed by atoms with Crippen molar-refractivity contribution < 1.29 is 14.0 Å². The minimum absolute atomic E-state index is 0.0389. The van der Waals surface area contributed by atoms with E-state index in [1.54, 1.807) is 41.3 Å². The molecule has 6 nitrogen and oxygen atoms in total. The second-order valence-corrected chi connectivity index (χ2v) is 6.11. The van der Waals surface area contributed by atoms with Crippen molar-refractivity contribution >= 4 is 23.2 Å². The number of carbonyl (C=O) groups is 2. The molecule has 2 aromatic rings. The zero-order valence-electron chi connectivity index (χ0n) is 14.3. The number of nitrogens with zero attached hydrogens (tertiary/aromatic N) is 2. The molecule has 2 amide bonds. The highest BCUT2D eigenvalue weighted by molar-refractivity contribution is 5.99. The molecule has 0 spiro atoms. The van der Waals surface area contributed by atoms with E-state index >= 15 is 0 Å². The Bertz CT molecular complexity index is 786. The zero-order valence-corrected chi connectivity index (χ0v) is 14.3. The van der Waals surface area contributed by atoms with Crippen molar-refractivity contribution in [2.45, 2.75) is 0 Å². The molecule has 1 saturated heterocycles. The molecule has 2 aromatic carbocycles. The Morgan fingerprint density at radius 3 is 2.31 bits per heavy atom. The number of primary amides is 1. The first-order valence-electron chi connectivity index (χ1n) is 8.45. The van der Waals surface area contributed by atoms with Gasteiger partial charge in [-0.2, -0.15) is 0 Å². The second-order valence-electron chi connectivity index (χ2n) is 6.11. The maximum absolute atomic E-state index is 13.0. The van der Waals surface area contributed by atoms with Gasteiger partial charge in [-0.1, -0.05) is 12.1 Å². The summed E-state index contributed by atoms with van der Waals surface area (Å²) in [5, 5.41) is 2.99. The number of hydrogen-bond donors (Lipinski definition) is 2. The standard InChI is InChI=1S/C19H21FN4O2/c20-14-5-7-15(8-6-14)23-9-11-24(12-10-23)18(25)13-22-17-4-2-1-3-16(17)19(21)26/h1-8,22H,9-13H2,(H2,21,26). The number of carbonyl (C=O) groups excluding carboxylic acids is 2. The van der Waals surface area contributed by atoms with Crippen LogP contribution in [0.4, 0.5) is 15.8 Å². The van der Waals surface area contributed by atoms with E-state index in [4.69, 9.17) is 5.73 Å². The third-order valence-electron chi connectivity index (χ3n) is 4.45. The molecule has 0 bridgehead atoms. The number of amides is 2. The van der Waals surface area contributed by atoms with Crippen molar-refractivity contribution in [2.75, 3.05) is 42.9 Å². The molecule has 3 N–H and O–H groups in total. The van der Waals surface area contributed by atoms with E-state index in [-0.39, 0.29) is 18.3 Å². The first kappa shape index (κ1) is 17.7. The van der Waals surface area contributed by atoms with Gasteiger partial charge in [0.2, 0.25) is 5.91 Å². The summed E-state index contributed by atoms with van der Waals surface area (Å²) in [4.78, 5) is 27.7. The molecule has 0 saturated carbocycles. The van der Waals surface area contributed by atoms with Gasteiger partial charge in [-0.15, -0.1) is 0 Å². The Hall–Kier alpha value is -3.09. The molecule has 1 aliphatic heterocycles. The van der Waals surface area contributed by atoms with E-state index in [1.165, 1.54) is 12.1 Å². The molecule has 3 rings (SSSR count). The zero-order chi connectivity index (χ0) is 18.5. The number of hydrogen-bond acceptors (Lipinski definition) is 4. The van der Waals surface area contributed by atoms with Crippen molar-refractivity contribution in [3.05, 3.63) is 59.9 Å². The molecule has 1 heterocycles.